The van der Waals surface area contributed by atoms with Crippen LogP contribution < -0.4 is 4.57 Å². The van der Waals surface area contributed by atoms with E-state index in [2.05, 4.69) is 14.7 Å². The third-order valence-electron chi connectivity index (χ3n) is 3.24. The molecular formula is C18H27F2N3O5P+. The number of phosphoric ester groups is 1. The predicted molar refractivity (Wildman–Crippen MR) is 102 cm³/mol. The number of hydrogen-bond acceptors (Lipinski definition) is 6. The van der Waals surface area contributed by atoms with E-state index >= 15 is 0 Å². The van der Waals surface area contributed by atoms with E-state index in [1.807, 2.05) is 6.92 Å². The Morgan fingerprint density at radius 1 is 1.21 bits per heavy atom. The first kappa shape index (κ1) is 25.2. The molecule has 2 heterocycles. The Morgan fingerprint density at radius 3 is 2.31 bits per heavy atom. The lowest BCUT2D eigenvalue weighted by atomic mass is 10.2. The molecule has 1 N–H and O–H groups in total. The second kappa shape index (κ2) is 12.7. The quantitative estimate of drug-likeness (QED) is 0.347. The summed E-state index contributed by atoms with van der Waals surface area (Å²) < 4.78 is 50.4. The highest BCUT2D eigenvalue weighted by atomic mass is 31.2. The molecule has 2 aromatic rings. The third kappa shape index (κ3) is 11.7. The Labute approximate surface area is 169 Å². The normalized spacial score (nSPS) is 13.3. The van der Waals surface area contributed by atoms with Gasteiger partial charge in [0, 0.05) is 44.1 Å². The summed E-state index contributed by atoms with van der Waals surface area (Å²) in [6.07, 6.45) is 8.38. The summed E-state index contributed by atoms with van der Waals surface area (Å²) >= 11 is 0. The van der Waals surface area contributed by atoms with Crippen LogP contribution in [0.5, 0.6) is 0 Å². The van der Waals surface area contributed by atoms with Crippen LogP contribution in [0, 0.1) is 0 Å². The van der Waals surface area contributed by atoms with E-state index in [0.29, 0.717) is 12.2 Å². The Kier molecular flexibility index (Phi) is 11.0. The molecule has 1 atom stereocenters. The lowest BCUT2D eigenvalue weighted by Gasteiger charge is -2.09. The van der Waals surface area contributed by atoms with Crippen molar-refractivity contribution in [2.24, 2.45) is 0 Å². The van der Waals surface area contributed by atoms with Crippen molar-refractivity contribution in [1.82, 2.24) is 9.97 Å². The van der Waals surface area contributed by atoms with Crippen LogP contribution in [0.1, 0.15) is 26.7 Å². The minimum Gasteiger partial charge on any atom is -0.378 e. The second-order valence-corrected chi connectivity index (χ2v) is 7.54. The zero-order valence-electron chi connectivity index (χ0n) is 16.7. The molecule has 0 bridgehead atoms. The molecule has 29 heavy (non-hydrogen) atoms. The van der Waals surface area contributed by atoms with Crippen LogP contribution in [-0.4, -0.2) is 41.1 Å². The fourth-order valence-corrected chi connectivity index (χ4v) is 2.61. The van der Waals surface area contributed by atoms with Gasteiger partial charge in [-0.25, -0.2) is 27.8 Å². The first-order chi connectivity index (χ1) is 13.7. The van der Waals surface area contributed by atoms with E-state index in [1.165, 1.54) is 7.11 Å². The highest BCUT2D eigenvalue weighted by Gasteiger charge is 2.22. The molecule has 0 saturated carbocycles. The number of rotatable bonds is 10. The molecule has 0 saturated heterocycles. The van der Waals surface area contributed by atoms with Crippen molar-refractivity contribution < 1.29 is 36.6 Å². The number of phosphoric acid groups is 1. The van der Waals surface area contributed by atoms with Crippen LogP contribution in [0.25, 0.3) is 11.4 Å². The lowest BCUT2D eigenvalue weighted by molar-refractivity contribution is -0.725. The summed E-state index contributed by atoms with van der Waals surface area (Å²) in [5, 5.41) is 0. The van der Waals surface area contributed by atoms with E-state index in [-0.39, 0.29) is 13.3 Å². The van der Waals surface area contributed by atoms with Crippen LogP contribution in [-0.2, 0) is 25.1 Å². The predicted octanol–water partition coefficient (Wildman–Crippen LogP) is 3.61. The smallest absolute Gasteiger partial charge is 0.378 e. The van der Waals surface area contributed by atoms with Gasteiger partial charge in [0.25, 0.3) is 12.7 Å². The van der Waals surface area contributed by atoms with Crippen LogP contribution >= 0.6 is 7.82 Å². The van der Waals surface area contributed by atoms with Crippen LogP contribution in [0.2, 0.25) is 0 Å². The summed E-state index contributed by atoms with van der Waals surface area (Å²) in [5.41, 5.74) is 0.850. The Morgan fingerprint density at radius 2 is 1.83 bits per heavy atom. The first-order valence-corrected chi connectivity index (χ1v) is 10.4. The molecule has 1 unspecified atom stereocenters. The summed E-state index contributed by atoms with van der Waals surface area (Å²) in [6.45, 7) is 2.43. The van der Waals surface area contributed by atoms with E-state index in [9.17, 15) is 18.2 Å². The van der Waals surface area contributed by atoms with Gasteiger partial charge in [-0.1, -0.05) is 13.3 Å². The van der Waals surface area contributed by atoms with Crippen molar-refractivity contribution in [2.75, 3.05) is 20.3 Å². The fraction of sp³-hybridized carbons (Fsp3) is 0.500. The average Bonchev–Trinajstić information content (AvgIpc) is 2.67. The zero-order chi connectivity index (χ0) is 21.8. The maximum absolute atomic E-state index is 11.6. The van der Waals surface area contributed by atoms with Gasteiger partial charge in [-0.3, -0.25) is 4.52 Å². The van der Waals surface area contributed by atoms with Crippen LogP contribution in [0.4, 0.5) is 8.78 Å². The van der Waals surface area contributed by atoms with Gasteiger partial charge < -0.3 is 9.63 Å². The largest absolute Gasteiger partial charge is 0.477 e. The Hall–Kier alpha value is -1.84. The topological polar surface area (TPSA) is 94.7 Å². The van der Waals surface area contributed by atoms with Crippen molar-refractivity contribution in [3.05, 3.63) is 43.0 Å². The van der Waals surface area contributed by atoms with Crippen molar-refractivity contribution in [1.29, 1.82) is 0 Å². The number of pyridine rings is 1. The third-order valence-corrected chi connectivity index (χ3v) is 4.19. The lowest BCUT2D eigenvalue weighted by Crippen LogP contribution is -2.33. The Balaban J connectivity index is 0.000000516. The molecule has 0 aliphatic rings. The summed E-state index contributed by atoms with van der Waals surface area (Å²) in [5.74, 6) is -2.05. The number of methoxy groups -OCH3 is 1. The zero-order valence-corrected chi connectivity index (χ0v) is 17.6. The monoisotopic (exact) mass is 434 g/mol. The van der Waals surface area contributed by atoms with Gasteiger partial charge in [0.1, 0.15) is 6.61 Å². The number of alkyl halides is 2. The van der Waals surface area contributed by atoms with Gasteiger partial charge in [-0.2, -0.15) is 4.57 Å². The molecule has 162 valence electrons. The van der Waals surface area contributed by atoms with Crippen molar-refractivity contribution in [3.63, 3.8) is 0 Å². The first-order valence-electron chi connectivity index (χ1n) is 8.92. The molecule has 0 spiro atoms. The highest BCUT2D eigenvalue weighted by molar-refractivity contribution is 7.47. The minimum atomic E-state index is -4.00. The number of hydrogen-bond donors (Lipinski definition) is 1. The second-order valence-electron chi connectivity index (χ2n) is 6.09. The van der Waals surface area contributed by atoms with Crippen molar-refractivity contribution in [2.45, 2.75) is 39.3 Å². The van der Waals surface area contributed by atoms with E-state index in [0.717, 1.165) is 18.9 Å². The summed E-state index contributed by atoms with van der Waals surface area (Å²) in [6, 6.07) is 5.36. The molecular weight excluding hydrogens is 407 g/mol. The van der Waals surface area contributed by atoms with Gasteiger partial charge in [0.05, 0.1) is 6.61 Å². The molecule has 0 fully saturated rings. The van der Waals surface area contributed by atoms with E-state index < -0.39 is 20.4 Å². The maximum Gasteiger partial charge on any atom is 0.477 e. The van der Waals surface area contributed by atoms with Crippen LogP contribution in [0.3, 0.4) is 0 Å². The number of nitrogens with zero attached hydrogens (tertiary/aromatic N) is 3. The SMILES string of the molecule is CCCCOP(=O)(O)OC[n+]1ccc(-c2ncccn2)cc1.COCC(C)(F)F. The van der Waals surface area contributed by atoms with Gasteiger partial charge >= 0.3 is 7.82 Å². The number of aromatic nitrogens is 3. The molecule has 0 radical (unpaired) electrons. The molecule has 0 aromatic carbocycles. The molecule has 8 nitrogen and oxygen atoms in total. The van der Waals surface area contributed by atoms with Crippen molar-refractivity contribution in [3.8, 4) is 11.4 Å². The van der Waals surface area contributed by atoms with Gasteiger partial charge in [0.2, 0.25) is 0 Å². The maximum atomic E-state index is 11.6. The molecule has 0 aliphatic carbocycles. The van der Waals surface area contributed by atoms with Gasteiger partial charge in [0.15, 0.2) is 18.2 Å². The molecule has 0 amide bonds. The molecule has 11 heteroatoms. The van der Waals surface area contributed by atoms with Crippen molar-refractivity contribution >= 4 is 7.82 Å². The minimum absolute atomic E-state index is 0.0736. The number of halogens is 2. The fourth-order valence-electron chi connectivity index (χ4n) is 1.90. The van der Waals surface area contributed by atoms with Gasteiger partial charge in [-0.15, -0.1) is 0 Å². The standard InChI is InChI=1S/C14H18N3O4P.C4H8F2O/c1-2-3-11-20-22(18,19)21-12-17-9-5-13(6-10-17)14-15-7-4-8-16-14;1-4(5,6)3-7-2/h4-10H,2-3,11-12H2,1H3;3H2,1-2H3/p+1. The van der Waals surface area contributed by atoms with Crippen LogP contribution in [0.15, 0.2) is 43.0 Å². The summed E-state index contributed by atoms with van der Waals surface area (Å²) in [4.78, 5) is 17.8. The molecule has 0 aliphatic heterocycles. The molecule has 2 aromatic heterocycles. The number of ether oxygens (including phenoxy) is 1. The van der Waals surface area contributed by atoms with E-state index in [4.69, 9.17) is 9.05 Å². The van der Waals surface area contributed by atoms with E-state index in [1.54, 1.807) is 47.6 Å². The number of unbranched alkanes of at least 4 members (excludes halogenated alkanes) is 1. The Bertz CT molecular complexity index is 745. The highest BCUT2D eigenvalue weighted by Crippen LogP contribution is 2.43. The summed E-state index contributed by atoms with van der Waals surface area (Å²) in [7, 11) is -2.76. The average molecular weight is 434 g/mol. The molecule has 2 rings (SSSR count). The van der Waals surface area contributed by atoms with Gasteiger partial charge in [-0.05, 0) is 12.5 Å².